The molecule has 2 aliphatic heterocycles. The van der Waals surface area contributed by atoms with Crippen LogP contribution in [0.1, 0.15) is 28.9 Å². The number of nitrogens with zero attached hydrogens (tertiary/aromatic N) is 2. The fraction of sp³-hybridized carbons (Fsp3) is 0.389. The summed E-state index contributed by atoms with van der Waals surface area (Å²) in [4.78, 5) is 17.1. The molecule has 1 fully saturated rings. The van der Waals surface area contributed by atoms with E-state index in [-0.39, 0.29) is 23.3 Å². The van der Waals surface area contributed by atoms with Crippen molar-refractivity contribution in [1.29, 1.82) is 0 Å². The van der Waals surface area contributed by atoms with Gasteiger partial charge in [-0.3, -0.25) is 4.79 Å². The molecule has 0 saturated carbocycles. The molecule has 2 aliphatic rings. The van der Waals surface area contributed by atoms with Gasteiger partial charge in [0.2, 0.25) is 16.8 Å². The van der Waals surface area contributed by atoms with Gasteiger partial charge in [0, 0.05) is 32.9 Å². The molecule has 0 radical (unpaired) electrons. The molecule has 1 saturated heterocycles. The van der Waals surface area contributed by atoms with Crippen LogP contribution in [0, 0.1) is 0 Å². The zero-order valence-electron chi connectivity index (χ0n) is 15.0. The summed E-state index contributed by atoms with van der Waals surface area (Å²) in [5.41, 5.74) is 1.14. The second-order valence-electron chi connectivity index (χ2n) is 6.71. The molecule has 3 heterocycles. The molecule has 8 nitrogen and oxygen atoms in total. The predicted molar refractivity (Wildman–Crippen MR) is 97.1 cm³/mol. The fourth-order valence-electron chi connectivity index (χ4n) is 3.32. The molecule has 2 aromatic rings. The van der Waals surface area contributed by atoms with Gasteiger partial charge in [0.25, 0.3) is 5.91 Å². The van der Waals surface area contributed by atoms with Gasteiger partial charge in [-0.05, 0) is 36.6 Å². The molecule has 0 unspecified atom stereocenters. The van der Waals surface area contributed by atoms with E-state index >= 15 is 0 Å². The number of benzene rings is 1. The number of aromatic nitrogens is 1. The number of fused-ring (bicyclic) bond motifs is 1. The standard InChI is InChI=1S/C18H21N3O5S/c1-20(11-13-4-5-16-17(8-13)26-12-25-16)18(22)15-9-14(10-19-15)27(23,24)21-6-2-3-7-21/h4-5,8-10,19H,2-3,6-7,11-12H2,1H3. The number of nitrogens with one attached hydrogen (secondary N) is 1. The molecule has 0 spiro atoms. The van der Waals surface area contributed by atoms with Crippen LogP contribution in [-0.4, -0.2) is 55.4 Å². The number of H-pyrrole nitrogens is 1. The number of hydrogen-bond acceptors (Lipinski definition) is 5. The molecule has 1 amide bonds. The van der Waals surface area contributed by atoms with Gasteiger partial charge in [-0.15, -0.1) is 0 Å². The number of carbonyl (C=O) groups excluding carboxylic acids is 1. The maximum atomic E-state index is 12.7. The number of aromatic amines is 1. The van der Waals surface area contributed by atoms with Crippen molar-refractivity contribution in [3.63, 3.8) is 0 Å². The van der Waals surface area contributed by atoms with Gasteiger partial charge < -0.3 is 19.4 Å². The van der Waals surface area contributed by atoms with Crippen molar-refractivity contribution in [3.05, 3.63) is 41.7 Å². The largest absolute Gasteiger partial charge is 0.454 e. The van der Waals surface area contributed by atoms with Gasteiger partial charge in [-0.25, -0.2) is 8.42 Å². The highest BCUT2D eigenvalue weighted by molar-refractivity contribution is 7.89. The maximum absolute atomic E-state index is 12.7. The quantitative estimate of drug-likeness (QED) is 0.839. The molecule has 1 aromatic heterocycles. The third-order valence-electron chi connectivity index (χ3n) is 4.79. The highest BCUT2D eigenvalue weighted by atomic mass is 32.2. The molecule has 0 aliphatic carbocycles. The number of sulfonamides is 1. The van der Waals surface area contributed by atoms with Gasteiger partial charge in [-0.2, -0.15) is 4.31 Å². The highest BCUT2D eigenvalue weighted by Gasteiger charge is 2.29. The summed E-state index contributed by atoms with van der Waals surface area (Å²) in [6, 6.07) is 6.93. The van der Waals surface area contributed by atoms with Crippen molar-refractivity contribution in [2.75, 3.05) is 26.9 Å². The van der Waals surface area contributed by atoms with E-state index in [4.69, 9.17) is 9.47 Å². The van der Waals surface area contributed by atoms with Crippen LogP contribution in [0.5, 0.6) is 11.5 Å². The predicted octanol–water partition coefficient (Wildman–Crippen LogP) is 1.80. The average molecular weight is 391 g/mol. The Kier molecular flexibility index (Phi) is 4.56. The van der Waals surface area contributed by atoms with Crippen molar-refractivity contribution in [3.8, 4) is 11.5 Å². The van der Waals surface area contributed by atoms with Crippen LogP contribution in [0.3, 0.4) is 0 Å². The molecule has 1 aromatic carbocycles. The van der Waals surface area contributed by atoms with Crippen LogP contribution in [-0.2, 0) is 16.6 Å². The summed E-state index contributed by atoms with van der Waals surface area (Å²) >= 11 is 0. The number of carbonyl (C=O) groups is 1. The lowest BCUT2D eigenvalue weighted by Gasteiger charge is -2.17. The summed E-state index contributed by atoms with van der Waals surface area (Å²) in [5.74, 6) is 1.07. The summed E-state index contributed by atoms with van der Waals surface area (Å²) in [5, 5.41) is 0. The van der Waals surface area contributed by atoms with Gasteiger partial charge in [0.05, 0.1) is 0 Å². The van der Waals surface area contributed by atoms with Crippen LogP contribution in [0.4, 0.5) is 0 Å². The van der Waals surface area contributed by atoms with E-state index in [1.165, 1.54) is 21.5 Å². The van der Waals surface area contributed by atoms with Gasteiger partial charge in [0.15, 0.2) is 11.5 Å². The Balaban J connectivity index is 1.47. The summed E-state index contributed by atoms with van der Waals surface area (Å²) in [6.07, 6.45) is 3.12. The first-order valence-electron chi connectivity index (χ1n) is 8.78. The van der Waals surface area contributed by atoms with E-state index in [1.54, 1.807) is 7.05 Å². The highest BCUT2D eigenvalue weighted by Crippen LogP contribution is 2.32. The second-order valence-corrected chi connectivity index (χ2v) is 8.65. The van der Waals surface area contributed by atoms with E-state index in [9.17, 15) is 13.2 Å². The average Bonchev–Trinajstić information content (AvgIpc) is 3.41. The Morgan fingerprint density at radius 2 is 1.93 bits per heavy atom. The Hall–Kier alpha value is -2.52. The van der Waals surface area contributed by atoms with Gasteiger partial charge in [0.1, 0.15) is 10.6 Å². The minimum Gasteiger partial charge on any atom is -0.454 e. The van der Waals surface area contributed by atoms with Crippen LogP contribution in [0.15, 0.2) is 35.4 Å². The molecule has 1 N–H and O–H groups in total. The van der Waals surface area contributed by atoms with E-state index in [0.29, 0.717) is 31.1 Å². The van der Waals surface area contributed by atoms with Crippen molar-refractivity contribution in [2.24, 2.45) is 0 Å². The molecule has 0 bridgehead atoms. The molecule has 27 heavy (non-hydrogen) atoms. The lowest BCUT2D eigenvalue weighted by molar-refractivity contribution is 0.0779. The monoisotopic (exact) mass is 391 g/mol. The third kappa shape index (κ3) is 3.40. The van der Waals surface area contributed by atoms with Crippen molar-refractivity contribution >= 4 is 15.9 Å². The Morgan fingerprint density at radius 1 is 1.19 bits per heavy atom. The molecular weight excluding hydrogens is 370 g/mol. The first-order chi connectivity index (χ1) is 12.9. The van der Waals surface area contributed by atoms with Crippen LogP contribution < -0.4 is 9.47 Å². The van der Waals surface area contributed by atoms with Gasteiger partial charge in [-0.1, -0.05) is 6.07 Å². The summed E-state index contributed by atoms with van der Waals surface area (Å²) in [7, 11) is -1.87. The molecule has 9 heteroatoms. The SMILES string of the molecule is CN(Cc1ccc2c(c1)OCO2)C(=O)c1cc(S(=O)(=O)N2CCCC2)c[nH]1. The lowest BCUT2D eigenvalue weighted by atomic mass is 10.2. The maximum Gasteiger partial charge on any atom is 0.270 e. The molecular formula is C18H21N3O5S. The molecule has 0 atom stereocenters. The van der Waals surface area contributed by atoms with E-state index in [0.717, 1.165) is 18.4 Å². The van der Waals surface area contributed by atoms with E-state index in [2.05, 4.69) is 4.98 Å². The van der Waals surface area contributed by atoms with Crippen molar-refractivity contribution in [1.82, 2.24) is 14.2 Å². The first kappa shape index (κ1) is 17.9. The minimum atomic E-state index is -3.54. The fourth-order valence-corrected chi connectivity index (χ4v) is 4.83. The topological polar surface area (TPSA) is 91.9 Å². The van der Waals surface area contributed by atoms with Crippen molar-refractivity contribution < 1.29 is 22.7 Å². The number of hydrogen-bond donors (Lipinski definition) is 1. The van der Waals surface area contributed by atoms with Gasteiger partial charge >= 0.3 is 0 Å². The molecule has 4 rings (SSSR count). The number of amides is 1. The number of ether oxygens (including phenoxy) is 2. The number of rotatable bonds is 5. The molecule has 144 valence electrons. The normalized spacial score (nSPS) is 16.6. The zero-order chi connectivity index (χ0) is 19.0. The van der Waals surface area contributed by atoms with Crippen LogP contribution in [0.2, 0.25) is 0 Å². The third-order valence-corrected chi connectivity index (χ3v) is 6.67. The van der Waals surface area contributed by atoms with Crippen LogP contribution >= 0.6 is 0 Å². The Morgan fingerprint density at radius 3 is 2.70 bits per heavy atom. The van der Waals surface area contributed by atoms with Crippen LogP contribution in [0.25, 0.3) is 0 Å². The van der Waals surface area contributed by atoms with E-state index < -0.39 is 10.0 Å². The summed E-state index contributed by atoms with van der Waals surface area (Å²) in [6.45, 7) is 1.62. The Labute approximate surface area is 157 Å². The second kappa shape index (κ2) is 6.90. The summed E-state index contributed by atoms with van der Waals surface area (Å²) < 4.78 is 37.3. The first-order valence-corrected chi connectivity index (χ1v) is 10.2. The zero-order valence-corrected chi connectivity index (χ0v) is 15.8. The minimum absolute atomic E-state index is 0.129. The van der Waals surface area contributed by atoms with Crippen molar-refractivity contribution in [2.45, 2.75) is 24.3 Å². The van der Waals surface area contributed by atoms with E-state index in [1.807, 2.05) is 18.2 Å². The Bertz CT molecular complexity index is 963. The smallest absolute Gasteiger partial charge is 0.270 e. The lowest BCUT2D eigenvalue weighted by Crippen LogP contribution is -2.28.